The van der Waals surface area contributed by atoms with Crippen LogP contribution in [0.5, 0.6) is 0 Å². The molecule has 6 rings (SSSR count). The SMILES string of the molecule is COC(=O)N[C@@H](C(=O)N[C@@H](C)c1ncc(-c2ccc(-c3ncc(-c4cnc([C@H]5CCCN5C(=O)OC(C)(C)C)[nH]4)cn3)cc2)[nH]1)c1ccccc1. The molecule has 0 unspecified atom stereocenters. The molecule has 4 heterocycles. The van der Waals surface area contributed by atoms with Gasteiger partial charge in [-0.1, -0.05) is 54.6 Å². The van der Waals surface area contributed by atoms with E-state index in [0.29, 0.717) is 29.6 Å². The van der Waals surface area contributed by atoms with Crippen LogP contribution in [0.2, 0.25) is 0 Å². The van der Waals surface area contributed by atoms with E-state index in [1.165, 1.54) is 7.11 Å². The Labute approximate surface area is 295 Å². The van der Waals surface area contributed by atoms with Crippen molar-refractivity contribution in [3.8, 4) is 33.9 Å². The maximum absolute atomic E-state index is 13.2. The van der Waals surface area contributed by atoms with Gasteiger partial charge in [-0.25, -0.2) is 29.5 Å². The predicted octanol–water partition coefficient (Wildman–Crippen LogP) is 6.27. The van der Waals surface area contributed by atoms with Gasteiger partial charge in [0.15, 0.2) is 5.82 Å². The largest absolute Gasteiger partial charge is 0.453 e. The van der Waals surface area contributed by atoms with Crippen molar-refractivity contribution in [3.63, 3.8) is 0 Å². The molecule has 3 atom stereocenters. The molecule has 51 heavy (non-hydrogen) atoms. The van der Waals surface area contributed by atoms with E-state index in [-0.39, 0.29) is 12.1 Å². The van der Waals surface area contributed by atoms with Crippen molar-refractivity contribution in [2.75, 3.05) is 13.7 Å². The molecule has 2 aromatic carbocycles. The van der Waals surface area contributed by atoms with Crippen molar-refractivity contribution < 1.29 is 23.9 Å². The normalized spacial score (nSPS) is 15.5. The van der Waals surface area contributed by atoms with E-state index in [1.54, 1.807) is 54.0 Å². The number of hydrogen-bond acceptors (Lipinski definition) is 9. The molecule has 0 radical (unpaired) electrons. The van der Waals surface area contributed by atoms with Gasteiger partial charge in [0.25, 0.3) is 0 Å². The Balaban J connectivity index is 1.09. The second kappa shape index (κ2) is 14.8. The lowest BCUT2D eigenvalue weighted by molar-refractivity contribution is -0.123. The predicted molar refractivity (Wildman–Crippen MR) is 189 cm³/mol. The first-order chi connectivity index (χ1) is 24.5. The van der Waals surface area contributed by atoms with Crippen LogP contribution >= 0.6 is 0 Å². The van der Waals surface area contributed by atoms with Gasteiger partial charge >= 0.3 is 12.2 Å². The molecule has 1 saturated heterocycles. The number of H-pyrrole nitrogens is 2. The van der Waals surface area contributed by atoms with E-state index >= 15 is 0 Å². The summed E-state index contributed by atoms with van der Waals surface area (Å²) >= 11 is 0. The molecular formula is C37H41N9O5. The Morgan fingerprint density at radius 2 is 1.51 bits per heavy atom. The molecular weight excluding hydrogens is 650 g/mol. The lowest BCUT2D eigenvalue weighted by Gasteiger charge is -2.27. The van der Waals surface area contributed by atoms with Crippen molar-refractivity contribution in [1.29, 1.82) is 0 Å². The molecule has 14 nitrogen and oxygen atoms in total. The van der Waals surface area contributed by atoms with Crippen molar-refractivity contribution in [2.45, 2.75) is 64.3 Å². The van der Waals surface area contributed by atoms with Gasteiger partial charge in [-0.05, 0) is 51.7 Å². The highest BCUT2D eigenvalue weighted by molar-refractivity contribution is 5.87. The molecule has 14 heteroatoms. The molecule has 264 valence electrons. The smallest absolute Gasteiger partial charge is 0.410 e. The number of rotatable bonds is 9. The summed E-state index contributed by atoms with van der Waals surface area (Å²) in [5.41, 5.74) is 4.08. The van der Waals surface area contributed by atoms with E-state index in [2.05, 4.69) is 40.5 Å². The third-order valence-electron chi connectivity index (χ3n) is 8.42. The molecule has 1 aliphatic heterocycles. The number of nitrogens with one attached hydrogen (secondary N) is 4. The third-order valence-corrected chi connectivity index (χ3v) is 8.42. The van der Waals surface area contributed by atoms with Crippen molar-refractivity contribution >= 4 is 18.1 Å². The van der Waals surface area contributed by atoms with Crippen LogP contribution in [0, 0.1) is 0 Å². The van der Waals surface area contributed by atoms with E-state index in [9.17, 15) is 14.4 Å². The topological polar surface area (TPSA) is 180 Å². The summed E-state index contributed by atoms with van der Waals surface area (Å²) in [6.45, 7) is 8.01. The fraction of sp³-hybridized carbons (Fsp3) is 0.324. The minimum atomic E-state index is -0.940. The van der Waals surface area contributed by atoms with Crippen LogP contribution in [0.4, 0.5) is 9.59 Å². The van der Waals surface area contributed by atoms with Crippen LogP contribution in [-0.4, -0.2) is 72.2 Å². The van der Waals surface area contributed by atoms with Crippen molar-refractivity contribution in [2.24, 2.45) is 0 Å². The zero-order valence-electron chi connectivity index (χ0n) is 29.1. The van der Waals surface area contributed by atoms with Crippen LogP contribution in [0.15, 0.2) is 79.4 Å². The Bertz CT molecular complexity index is 1970. The summed E-state index contributed by atoms with van der Waals surface area (Å²) in [5.74, 6) is 1.42. The molecule has 0 aliphatic carbocycles. The van der Waals surface area contributed by atoms with Crippen LogP contribution in [-0.2, 0) is 14.3 Å². The molecule has 3 amide bonds. The van der Waals surface area contributed by atoms with Gasteiger partial charge in [-0.15, -0.1) is 0 Å². The lowest BCUT2D eigenvalue weighted by atomic mass is 10.1. The number of amides is 3. The van der Waals surface area contributed by atoms with Gasteiger partial charge in [0.2, 0.25) is 5.91 Å². The standard InChI is InChI=1S/C37H41N9O5/c1-22(42-34(47)30(45-35(48)50-5)24-10-7-6-8-11-24)31-40-20-27(43-31)23-13-15-25(16-14-23)32-38-18-26(19-39-32)28-21-41-33(44-28)29-12-9-17-46(29)36(49)51-37(2,3)4/h6-8,10-11,13-16,18-22,29-30H,9,12,17H2,1-5H3,(H,40,43)(H,41,44)(H,42,47)(H,45,48)/t22-,29+,30+/m0/s1. The highest BCUT2D eigenvalue weighted by Gasteiger charge is 2.35. The highest BCUT2D eigenvalue weighted by atomic mass is 16.6. The average Bonchev–Trinajstić information content (AvgIpc) is 3.92. The fourth-order valence-electron chi connectivity index (χ4n) is 5.85. The van der Waals surface area contributed by atoms with Crippen LogP contribution < -0.4 is 10.6 Å². The molecule has 1 aliphatic rings. The second-order valence-electron chi connectivity index (χ2n) is 13.3. The molecule has 3 aromatic heterocycles. The number of imidazole rings is 2. The number of aromatic amines is 2. The van der Waals surface area contributed by atoms with Gasteiger partial charge < -0.3 is 30.1 Å². The number of carbonyl (C=O) groups excluding carboxylic acids is 3. The van der Waals surface area contributed by atoms with Gasteiger partial charge in [-0.2, -0.15) is 0 Å². The lowest BCUT2D eigenvalue weighted by Crippen LogP contribution is -2.41. The van der Waals surface area contributed by atoms with Gasteiger partial charge in [0.05, 0.1) is 43.0 Å². The van der Waals surface area contributed by atoms with E-state index < -0.39 is 29.7 Å². The van der Waals surface area contributed by atoms with Gasteiger partial charge in [-0.3, -0.25) is 9.69 Å². The van der Waals surface area contributed by atoms with Gasteiger partial charge in [0.1, 0.15) is 23.3 Å². The van der Waals surface area contributed by atoms with Crippen LogP contribution in [0.25, 0.3) is 33.9 Å². The van der Waals surface area contributed by atoms with Crippen LogP contribution in [0.3, 0.4) is 0 Å². The zero-order chi connectivity index (χ0) is 36.1. The minimum Gasteiger partial charge on any atom is -0.453 e. The summed E-state index contributed by atoms with van der Waals surface area (Å²) in [6, 6.07) is 15.1. The molecule has 5 aromatic rings. The number of ether oxygens (including phenoxy) is 2. The molecule has 0 bridgehead atoms. The third kappa shape index (κ3) is 8.23. The molecule has 1 fully saturated rings. The number of benzene rings is 2. The quantitative estimate of drug-likeness (QED) is 0.139. The number of carbonyl (C=O) groups is 3. The summed E-state index contributed by atoms with van der Waals surface area (Å²) < 4.78 is 10.3. The van der Waals surface area contributed by atoms with Crippen LogP contribution in [0.1, 0.15) is 75.9 Å². The van der Waals surface area contributed by atoms with E-state index in [4.69, 9.17) is 9.47 Å². The van der Waals surface area contributed by atoms with E-state index in [1.807, 2.05) is 58.0 Å². The number of aromatic nitrogens is 6. The Morgan fingerprint density at radius 3 is 2.20 bits per heavy atom. The first kappa shape index (κ1) is 34.8. The van der Waals surface area contributed by atoms with E-state index in [0.717, 1.165) is 40.9 Å². The number of likely N-dealkylation sites (tertiary alicyclic amines) is 1. The molecule has 4 N–H and O–H groups in total. The maximum atomic E-state index is 13.2. The Kier molecular flexibility index (Phi) is 10.1. The molecule has 0 spiro atoms. The minimum absolute atomic E-state index is 0.178. The summed E-state index contributed by atoms with van der Waals surface area (Å²) in [5, 5.41) is 5.51. The number of hydrogen-bond donors (Lipinski definition) is 4. The summed E-state index contributed by atoms with van der Waals surface area (Å²) in [7, 11) is 1.25. The first-order valence-corrected chi connectivity index (χ1v) is 16.7. The summed E-state index contributed by atoms with van der Waals surface area (Å²) in [6.07, 6.45) is 7.56. The molecule has 0 saturated carbocycles. The fourth-order valence-corrected chi connectivity index (χ4v) is 5.85. The van der Waals surface area contributed by atoms with Gasteiger partial charge in [0, 0.05) is 30.1 Å². The Morgan fingerprint density at radius 1 is 0.843 bits per heavy atom. The number of nitrogens with zero attached hydrogens (tertiary/aromatic N) is 5. The zero-order valence-corrected chi connectivity index (χ0v) is 29.1. The second-order valence-corrected chi connectivity index (χ2v) is 13.3. The first-order valence-electron chi connectivity index (χ1n) is 16.7. The number of alkyl carbamates (subject to hydrolysis) is 1. The Hall–Kier alpha value is -6.05. The average molecular weight is 692 g/mol. The maximum Gasteiger partial charge on any atom is 0.410 e. The monoisotopic (exact) mass is 691 g/mol. The van der Waals surface area contributed by atoms with Crippen molar-refractivity contribution in [1.82, 2.24) is 45.4 Å². The number of methoxy groups -OCH3 is 1. The summed E-state index contributed by atoms with van der Waals surface area (Å²) in [4.78, 5) is 64.5. The van der Waals surface area contributed by atoms with Crippen molar-refractivity contribution in [3.05, 3.63) is 96.6 Å². The highest BCUT2D eigenvalue weighted by Crippen LogP contribution is 2.33.